The summed E-state index contributed by atoms with van der Waals surface area (Å²) in [5.41, 5.74) is 8.37. The molecule has 3 N–H and O–H groups in total. The SMILES string of the molecule is C[C@@H](N)CC(=N)c1ccnc2ccc(C#N)cc12. The summed E-state index contributed by atoms with van der Waals surface area (Å²) in [5, 5.41) is 17.8. The lowest BCUT2D eigenvalue weighted by atomic mass is 9.99. The van der Waals surface area contributed by atoms with Crippen molar-refractivity contribution in [1.82, 2.24) is 4.98 Å². The summed E-state index contributed by atoms with van der Waals surface area (Å²) in [6.07, 6.45) is 2.19. The number of pyridine rings is 1. The second-order valence-electron chi connectivity index (χ2n) is 4.36. The lowest BCUT2D eigenvalue weighted by Gasteiger charge is -2.10. The van der Waals surface area contributed by atoms with Crippen LogP contribution in [0, 0.1) is 16.7 Å². The van der Waals surface area contributed by atoms with Crippen LogP contribution in [-0.2, 0) is 0 Å². The van der Waals surface area contributed by atoms with E-state index in [1.54, 1.807) is 30.5 Å². The minimum absolute atomic E-state index is 0.0557. The molecule has 2 aromatic rings. The van der Waals surface area contributed by atoms with E-state index in [2.05, 4.69) is 11.1 Å². The maximum Gasteiger partial charge on any atom is 0.0991 e. The van der Waals surface area contributed by atoms with Crippen LogP contribution in [0.4, 0.5) is 0 Å². The number of nitriles is 1. The fourth-order valence-electron chi connectivity index (χ4n) is 1.91. The third-order valence-corrected chi connectivity index (χ3v) is 2.72. The monoisotopic (exact) mass is 238 g/mol. The van der Waals surface area contributed by atoms with Crippen molar-refractivity contribution in [3.05, 3.63) is 41.6 Å². The second kappa shape index (κ2) is 4.94. The first kappa shape index (κ1) is 12.2. The van der Waals surface area contributed by atoms with Crippen molar-refractivity contribution >= 4 is 16.6 Å². The third kappa shape index (κ3) is 2.36. The zero-order chi connectivity index (χ0) is 13.1. The lowest BCUT2D eigenvalue weighted by Crippen LogP contribution is -2.19. The molecule has 0 saturated heterocycles. The average Bonchev–Trinajstić information content (AvgIpc) is 2.36. The van der Waals surface area contributed by atoms with Gasteiger partial charge in [0.1, 0.15) is 0 Å². The van der Waals surface area contributed by atoms with Gasteiger partial charge < -0.3 is 11.1 Å². The van der Waals surface area contributed by atoms with Gasteiger partial charge in [-0.15, -0.1) is 0 Å². The highest BCUT2D eigenvalue weighted by molar-refractivity contribution is 6.08. The van der Waals surface area contributed by atoms with Crippen LogP contribution in [0.3, 0.4) is 0 Å². The highest BCUT2D eigenvalue weighted by Gasteiger charge is 2.09. The maximum absolute atomic E-state index is 8.93. The van der Waals surface area contributed by atoms with Gasteiger partial charge in [-0.05, 0) is 31.2 Å². The number of nitrogens with one attached hydrogen (secondary N) is 1. The molecule has 4 heteroatoms. The standard InChI is InChI=1S/C14H14N4/c1-9(16)6-13(17)11-4-5-18-14-3-2-10(8-15)7-12(11)14/h2-5,7,9,17H,6,16H2,1H3/t9-/m1/s1. The van der Waals surface area contributed by atoms with Crippen LogP contribution in [0.2, 0.25) is 0 Å². The Kier molecular flexibility index (Phi) is 3.35. The Morgan fingerprint density at radius 1 is 1.50 bits per heavy atom. The molecule has 0 aliphatic heterocycles. The molecule has 0 saturated carbocycles. The summed E-state index contributed by atoms with van der Waals surface area (Å²) in [6, 6.07) is 9.15. The van der Waals surface area contributed by atoms with Crippen LogP contribution in [0.25, 0.3) is 10.9 Å². The molecule has 0 amide bonds. The summed E-state index contributed by atoms with van der Waals surface area (Å²) in [4.78, 5) is 4.24. The summed E-state index contributed by atoms with van der Waals surface area (Å²) in [6.45, 7) is 1.87. The molecule has 2 rings (SSSR count). The van der Waals surface area contributed by atoms with Crippen molar-refractivity contribution in [2.45, 2.75) is 19.4 Å². The van der Waals surface area contributed by atoms with E-state index in [4.69, 9.17) is 16.4 Å². The van der Waals surface area contributed by atoms with Crippen LogP contribution < -0.4 is 5.73 Å². The van der Waals surface area contributed by atoms with Crippen molar-refractivity contribution in [3.8, 4) is 6.07 Å². The molecule has 0 fully saturated rings. The number of nitrogens with zero attached hydrogens (tertiary/aromatic N) is 2. The number of hydrogen-bond acceptors (Lipinski definition) is 4. The normalized spacial score (nSPS) is 12.1. The van der Waals surface area contributed by atoms with Crippen LogP contribution in [0.5, 0.6) is 0 Å². The van der Waals surface area contributed by atoms with E-state index in [1.165, 1.54) is 0 Å². The van der Waals surface area contributed by atoms with Gasteiger partial charge in [-0.25, -0.2) is 0 Å². The van der Waals surface area contributed by atoms with Crippen LogP contribution in [0.15, 0.2) is 30.5 Å². The molecular formula is C14H14N4. The van der Waals surface area contributed by atoms with Crippen molar-refractivity contribution in [2.24, 2.45) is 5.73 Å². The Labute approximate surface area is 106 Å². The van der Waals surface area contributed by atoms with Gasteiger partial charge in [0.15, 0.2) is 0 Å². The Morgan fingerprint density at radius 2 is 2.28 bits per heavy atom. The quantitative estimate of drug-likeness (QED) is 0.804. The highest BCUT2D eigenvalue weighted by Crippen LogP contribution is 2.19. The Hall–Kier alpha value is -2.25. The zero-order valence-electron chi connectivity index (χ0n) is 10.1. The van der Waals surface area contributed by atoms with Gasteiger partial charge in [-0.2, -0.15) is 5.26 Å². The molecule has 1 heterocycles. The summed E-state index contributed by atoms with van der Waals surface area (Å²) in [5.74, 6) is 0. The predicted molar refractivity (Wildman–Crippen MR) is 71.6 cm³/mol. The minimum Gasteiger partial charge on any atom is -0.328 e. The maximum atomic E-state index is 8.93. The van der Waals surface area contributed by atoms with E-state index < -0.39 is 0 Å². The molecule has 0 bridgehead atoms. The number of benzene rings is 1. The topological polar surface area (TPSA) is 86.6 Å². The fourth-order valence-corrected chi connectivity index (χ4v) is 1.91. The molecule has 18 heavy (non-hydrogen) atoms. The molecule has 4 nitrogen and oxygen atoms in total. The van der Waals surface area contributed by atoms with Crippen molar-refractivity contribution in [3.63, 3.8) is 0 Å². The fraction of sp³-hybridized carbons (Fsp3) is 0.214. The molecule has 1 aromatic heterocycles. The van der Waals surface area contributed by atoms with E-state index in [1.807, 2.05) is 6.92 Å². The Balaban J connectivity index is 2.57. The van der Waals surface area contributed by atoms with E-state index in [9.17, 15) is 0 Å². The van der Waals surface area contributed by atoms with E-state index in [0.717, 1.165) is 16.5 Å². The predicted octanol–water partition coefficient (Wildman–Crippen LogP) is 2.21. The first-order chi connectivity index (χ1) is 8.61. The molecule has 90 valence electrons. The molecule has 0 unspecified atom stereocenters. The Bertz CT molecular complexity index is 638. The summed E-state index contributed by atoms with van der Waals surface area (Å²) in [7, 11) is 0. The van der Waals surface area contributed by atoms with Crippen molar-refractivity contribution in [1.29, 1.82) is 10.7 Å². The second-order valence-corrected chi connectivity index (χ2v) is 4.36. The molecular weight excluding hydrogens is 224 g/mol. The third-order valence-electron chi connectivity index (χ3n) is 2.72. The van der Waals surface area contributed by atoms with E-state index >= 15 is 0 Å². The Morgan fingerprint density at radius 3 is 2.94 bits per heavy atom. The number of fused-ring (bicyclic) bond motifs is 1. The van der Waals surface area contributed by atoms with Crippen LogP contribution in [0.1, 0.15) is 24.5 Å². The van der Waals surface area contributed by atoms with Gasteiger partial charge in [0.05, 0.1) is 17.1 Å². The molecule has 1 aromatic carbocycles. The number of nitrogens with two attached hydrogens (primary N) is 1. The minimum atomic E-state index is -0.0557. The largest absolute Gasteiger partial charge is 0.328 e. The van der Waals surface area contributed by atoms with Gasteiger partial charge >= 0.3 is 0 Å². The lowest BCUT2D eigenvalue weighted by molar-refractivity contribution is 0.777. The molecule has 0 radical (unpaired) electrons. The van der Waals surface area contributed by atoms with Crippen LogP contribution >= 0.6 is 0 Å². The van der Waals surface area contributed by atoms with Gasteiger partial charge in [0, 0.05) is 35.3 Å². The average molecular weight is 238 g/mol. The molecule has 0 aliphatic rings. The van der Waals surface area contributed by atoms with Gasteiger partial charge in [-0.3, -0.25) is 4.98 Å². The first-order valence-corrected chi connectivity index (χ1v) is 5.74. The van der Waals surface area contributed by atoms with E-state index in [0.29, 0.717) is 17.7 Å². The summed E-state index contributed by atoms with van der Waals surface area (Å²) >= 11 is 0. The summed E-state index contributed by atoms with van der Waals surface area (Å²) < 4.78 is 0. The van der Waals surface area contributed by atoms with Crippen LogP contribution in [-0.4, -0.2) is 16.7 Å². The molecule has 1 atom stereocenters. The molecule has 0 spiro atoms. The van der Waals surface area contributed by atoms with Gasteiger partial charge in [0.2, 0.25) is 0 Å². The van der Waals surface area contributed by atoms with E-state index in [-0.39, 0.29) is 6.04 Å². The smallest absolute Gasteiger partial charge is 0.0991 e. The van der Waals surface area contributed by atoms with Gasteiger partial charge in [-0.1, -0.05) is 0 Å². The zero-order valence-corrected chi connectivity index (χ0v) is 10.1. The van der Waals surface area contributed by atoms with Crippen molar-refractivity contribution < 1.29 is 0 Å². The van der Waals surface area contributed by atoms with Gasteiger partial charge in [0.25, 0.3) is 0 Å². The van der Waals surface area contributed by atoms with Crippen molar-refractivity contribution in [2.75, 3.05) is 0 Å². The molecule has 0 aliphatic carbocycles. The number of aromatic nitrogens is 1. The number of hydrogen-bond donors (Lipinski definition) is 2. The first-order valence-electron chi connectivity index (χ1n) is 5.74. The number of rotatable bonds is 3. The highest BCUT2D eigenvalue weighted by atomic mass is 14.7.